The molecule has 0 aliphatic rings. The quantitative estimate of drug-likeness (QED) is 0.754. The Bertz CT molecular complexity index is 391. The number of carbonyl (C=O) groups excluding carboxylic acids is 1. The highest BCUT2D eigenvalue weighted by molar-refractivity contribution is 9.09. The molecule has 0 N–H and O–H groups in total. The molecule has 0 aliphatic carbocycles. The molecule has 1 heterocycles. The number of amides is 1. The Morgan fingerprint density at radius 1 is 1.44 bits per heavy atom. The van der Waals surface area contributed by atoms with Crippen LogP contribution in [0, 0.1) is 6.92 Å². The second kappa shape index (κ2) is 7.52. The van der Waals surface area contributed by atoms with Gasteiger partial charge in [0.2, 0.25) is 0 Å². The third-order valence-corrected chi connectivity index (χ3v) is 3.54. The molecule has 0 spiro atoms. The van der Waals surface area contributed by atoms with E-state index in [1.165, 1.54) is 0 Å². The average molecular weight is 313 g/mol. The van der Waals surface area contributed by atoms with Crippen molar-refractivity contribution in [1.29, 1.82) is 0 Å². The Labute approximate surface area is 118 Å². The maximum Gasteiger partial charge on any atom is 0.272 e. The summed E-state index contributed by atoms with van der Waals surface area (Å²) in [5, 5.41) is 0.793. The van der Waals surface area contributed by atoms with E-state index in [4.69, 9.17) is 0 Å². The summed E-state index contributed by atoms with van der Waals surface area (Å²) in [6.07, 6.45) is 3.63. The highest BCUT2D eigenvalue weighted by Gasteiger charge is 2.23. The molecule has 1 aromatic rings. The first-order chi connectivity index (χ1) is 8.65. The molecule has 0 radical (unpaired) electrons. The molecule has 18 heavy (non-hydrogen) atoms. The summed E-state index contributed by atoms with van der Waals surface area (Å²) in [5.41, 5.74) is 1.51. The second-order valence-electron chi connectivity index (χ2n) is 4.33. The van der Waals surface area contributed by atoms with Crippen molar-refractivity contribution in [3.05, 3.63) is 29.6 Å². The van der Waals surface area contributed by atoms with Crippen molar-refractivity contribution in [3.63, 3.8) is 0 Å². The third-order valence-electron chi connectivity index (χ3n) is 3.18. The van der Waals surface area contributed by atoms with Gasteiger partial charge in [0.15, 0.2) is 0 Å². The van der Waals surface area contributed by atoms with Crippen LogP contribution in [0.25, 0.3) is 0 Å². The van der Waals surface area contributed by atoms with E-state index in [1.807, 2.05) is 24.0 Å². The highest BCUT2D eigenvalue weighted by Crippen LogP contribution is 2.15. The minimum atomic E-state index is 0.0428. The van der Waals surface area contributed by atoms with Gasteiger partial charge in [-0.1, -0.05) is 35.8 Å². The zero-order chi connectivity index (χ0) is 13.5. The third kappa shape index (κ3) is 3.55. The fourth-order valence-electron chi connectivity index (χ4n) is 2.12. The summed E-state index contributed by atoms with van der Waals surface area (Å²) in [6, 6.07) is 4.08. The van der Waals surface area contributed by atoms with Crippen molar-refractivity contribution in [1.82, 2.24) is 9.88 Å². The first-order valence-corrected chi connectivity index (χ1v) is 7.56. The Hall–Kier alpha value is -0.900. The van der Waals surface area contributed by atoms with Crippen molar-refractivity contribution >= 4 is 21.8 Å². The molecule has 0 unspecified atom stereocenters. The monoisotopic (exact) mass is 312 g/mol. The van der Waals surface area contributed by atoms with Gasteiger partial charge in [0.05, 0.1) is 0 Å². The summed E-state index contributed by atoms with van der Waals surface area (Å²) in [5.74, 6) is 0.0428. The number of aromatic nitrogens is 1. The lowest BCUT2D eigenvalue weighted by atomic mass is 10.1. The molecular weight excluding hydrogens is 292 g/mol. The van der Waals surface area contributed by atoms with Crippen molar-refractivity contribution in [2.24, 2.45) is 0 Å². The maximum atomic E-state index is 12.6. The zero-order valence-electron chi connectivity index (χ0n) is 11.3. The van der Waals surface area contributed by atoms with Gasteiger partial charge in [-0.05, 0) is 31.4 Å². The summed E-state index contributed by atoms with van der Waals surface area (Å²) >= 11 is 3.42. The normalized spacial score (nSPS) is 10.7. The Morgan fingerprint density at radius 2 is 2.11 bits per heavy atom. The van der Waals surface area contributed by atoms with Crippen LogP contribution in [0.2, 0.25) is 0 Å². The van der Waals surface area contributed by atoms with Crippen LogP contribution in [-0.2, 0) is 0 Å². The summed E-state index contributed by atoms with van der Waals surface area (Å²) in [4.78, 5) is 18.7. The number of aryl methyl sites for hydroxylation is 1. The molecular formula is C14H21BrN2O. The van der Waals surface area contributed by atoms with Crippen molar-refractivity contribution in [2.75, 3.05) is 11.9 Å². The number of alkyl halides is 1. The molecule has 0 fully saturated rings. The van der Waals surface area contributed by atoms with Crippen LogP contribution in [0.3, 0.4) is 0 Å². The number of carbonyl (C=O) groups is 1. The van der Waals surface area contributed by atoms with Crippen LogP contribution in [0.1, 0.15) is 42.7 Å². The predicted molar refractivity (Wildman–Crippen MR) is 78.2 cm³/mol. The van der Waals surface area contributed by atoms with Gasteiger partial charge in [0.1, 0.15) is 5.69 Å². The largest absolute Gasteiger partial charge is 0.334 e. The van der Waals surface area contributed by atoms with Gasteiger partial charge in [0, 0.05) is 24.1 Å². The van der Waals surface area contributed by atoms with Gasteiger partial charge in [-0.15, -0.1) is 0 Å². The average Bonchev–Trinajstić information content (AvgIpc) is 2.39. The molecule has 0 saturated carbocycles. The van der Waals surface area contributed by atoms with Crippen molar-refractivity contribution in [3.8, 4) is 0 Å². The first kappa shape index (κ1) is 15.2. The number of hydrogen-bond donors (Lipinski definition) is 0. The van der Waals surface area contributed by atoms with E-state index in [-0.39, 0.29) is 11.9 Å². The van der Waals surface area contributed by atoms with Gasteiger partial charge in [0.25, 0.3) is 5.91 Å². The minimum absolute atomic E-state index is 0.0428. The fourth-order valence-corrected chi connectivity index (χ4v) is 2.50. The predicted octanol–water partition coefficient (Wildman–Crippen LogP) is 3.42. The fraction of sp³-hybridized carbons (Fsp3) is 0.571. The lowest BCUT2D eigenvalue weighted by Gasteiger charge is -2.30. The Balaban J connectivity index is 2.99. The Morgan fingerprint density at radius 3 is 2.61 bits per heavy atom. The van der Waals surface area contributed by atoms with Gasteiger partial charge in [-0.3, -0.25) is 9.78 Å². The Kier molecular flexibility index (Phi) is 6.33. The zero-order valence-corrected chi connectivity index (χ0v) is 12.9. The smallest absolute Gasteiger partial charge is 0.272 e. The molecule has 0 aromatic carbocycles. The number of nitrogens with zero attached hydrogens (tertiary/aromatic N) is 2. The number of pyridine rings is 1. The van der Waals surface area contributed by atoms with Gasteiger partial charge < -0.3 is 4.90 Å². The van der Waals surface area contributed by atoms with E-state index < -0.39 is 0 Å². The first-order valence-electron chi connectivity index (χ1n) is 6.44. The number of rotatable bonds is 6. The number of halogens is 1. The summed E-state index contributed by atoms with van der Waals surface area (Å²) in [6.45, 7) is 6.89. The van der Waals surface area contributed by atoms with E-state index in [9.17, 15) is 4.79 Å². The van der Waals surface area contributed by atoms with Crippen LogP contribution < -0.4 is 0 Å². The van der Waals surface area contributed by atoms with Crippen LogP contribution in [0.15, 0.2) is 18.3 Å². The molecule has 3 nitrogen and oxygen atoms in total. The van der Waals surface area contributed by atoms with Gasteiger partial charge in [-0.2, -0.15) is 0 Å². The van der Waals surface area contributed by atoms with Crippen LogP contribution >= 0.6 is 15.9 Å². The maximum absolute atomic E-state index is 12.6. The molecule has 1 rings (SSSR count). The summed E-state index contributed by atoms with van der Waals surface area (Å²) in [7, 11) is 0. The summed E-state index contributed by atoms with van der Waals surface area (Å²) < 4.78 is 0. The molecule has 1 amide bonds. The standard InChI is InChI=1S/C14H21BrN2O/c1-4-12(5-2)17(10-8-15)14(18)13-11(3)7-6-9-16-13/h6-7,9,12H,4-5,8,10H2,1-3H3. The SMILES string of the molecule is CCC(CC)N(CCBr)C(=O)c1ncccc1C. The molecule has 1 aromatic heterocycles. The molecule has 0 bridgehead atoms. The minimum Gasteiger partial charge on any atom is -0.334 e. The van der Waals surface area contributed by atoms with Crippen LogP contribution in [-0.4, -0.2) is 33.7 Å². The van der Waals surface area contributed by atoms with Gasteiger partial charge in [-0.25, -0.2) is 0 Å². The molecule has 0 aliphatic heterocycles. The molecule has 0 saturated heterocycles. The van der Waals surface area contributed by atoms with Crippen LogP contribution in [0.4, 0.5) is 0 Å². The van der Waals surface area contributed by atoms with E-state index in [2.05, 4.69) is 34.8 Å². The van der Waals surface area contributed by atoms with E-state index >= 15 is 0 Å². The van der Waals surface area contributed by atoms with E-state index in [1.54, 1.807) is 6.20 Å². The second-order valence-corrected chi connectivity index (χ2v) is 5.12. The molecule has 0 atom stereocenters. The molecule has 100 valence electrons. The lowest BCUT2D eigenvalue weighted by Crippen LogP contribution is -2.41. The highest BCUT2D eigenvalue weighted by atomic mass is 79.9. The van der Waals surface area contributed by atoms with E-state index in [0.29, 0.717) is 5.69 Å². The van der Waals surface area contributed by atoms with Crippen LogP contribution in [0.5, 0.6) is 0 Å². The van der Waals surface area contributed by atoms with Gasteiger partial charge >= 0.3 is 0 Å². The topological polar surface area (TPSA) is 33.2 Å². The lowest BCUT2D eigenvalue weighted by molar-refractivity contribution is 0.0676. The number of hydrogen-bond acceptors (Lipinski definition) is 2. The van der Waals surface area contributed by atoms with Crippen molar-refractivity contribution < 1.29 is 4.79 Å². The molecule has 4 heteroatoms. The van der Waals surface area contributed by atoms with Crippen molar-refractivity contribution in [2.45, 2.75) is 39.7 Å². The van der Waals surface area contributed by atoms with E-state index in [0.717, 1.165) is 30.3 Å².